The van der Waals surface area contributed by atoms with Gasteiger partial charge in [0.1, 0.15) is 6.04 Å². The van der Waals surface area contributed by atoms with Gasteiger partial charge in [-0.15, -0.1) is 5.10 Å². The van der Waals surface area contributed by atoms with E-state index in [1.54, 1.807) is 6.20 Å². The summed E-state index contributed by atoms with van der Waals surface area (Å²) in [5.74, 6) is 0.618. The molecular weight excluding hydrogens is 474 g/mol. The van der Waals surface area contributed by atoms with Gasteiger partial charge in [0.2, 0.25) is 0 Å². The maximum atomic E-state index is 13.8. The van der Waals surface area contributed by atoms with E-state index in [4.69, 9.17) is 0 Å². The third-order valence-electron chi connectivity index (χ3n) is 6.84. The Morgan fingerprint density at radius 1 is 0.947 bits per heavy atom. The molecule has 0 aliphatic heterocycles. The number of hydrogen-bond acceptors (Lipinski definition) is 6. The fraction of sp³-hybridized carbons (Fsp3) is 0.300. The van der Waals surface area contributed by atoms with Crippen LogP contribution >= 0.6 is 0 Å². The number of nitrogens with one attached hydrogen (secondary N) is 1. The molecule has 2 aromatic carbocycles. The van der Waals surface area contributed by atoms with Crippen molar-refractivity contribution in [3.05, 3.63) is 117 Å². The van der Waals surface area contributed by atoms with Gasteiger partial charge in [-0.1, -0.05) is 48.5 Å². The first kappa shape index (κ1) is 25.5. The average molecular weight is 508 g/mol. The monoisotopic (exact) mass is 507 g/mol. The highest BCUT2D eigenvalue weighted by Crippen LogP contribution is 2.32. The lowest BCUT2D eigenvalue weighted by molar-refractivity contribution is 0.184. The lowest BCUT2D eigenvalue weighted by atomic mass is 9.98. The van der Waals surface area contributed by atoms with Crippen LogP contribution in [0.15, 0.2) is 77.9 Å². The van der Waals surface area contributed by atoms with E-state index in [0.717, 1.165) is 33.2 Å². The van der Waals surface area contributed by atoms with Crippen LogP contribution in [0.4, 0.5) is 0 Å². The molecule has 194 valence electrons. The summed E-state index contributed by atoms with van der Waals surface area (Å²) in [7, 11) is 0. The van der Waals surface area contributed by atoms with Gasteiger partial charge >= 0.3 is 0 Å². The number of hydrogen-bond donors (Lipinski definition) is 1. The molecule has 0 radical (unpaired) electrons. The molecule has 8 nitrogen and oxygen atoms in total. The van der Waals surface area contributed by atoms with E-state index in [9.17, 15) is 4.79 Å². The lowest BCUT2D eigenvalue weighted by Crippen LogP contribution is -2.37. The second kappa shape index (κ2) is 10.3. The molecule has 0 bridgehead atoms. The molecule has 8 heteroatoms. The molecule has 1 N–H and O–H groups in total. The first-order valence-electron chi connectivity index (χ1n) is 12.8. The average Bonchev–Trinajstić information content (AvgIpc) is 3.39. The molecule has 0 spiro atoms. The van der Waals surface area contributed by atoms with Crippen molar-refractivity contribution in [3.8, 4) is 0 Å². The molecule has 0 saturated heterocycles. The molecule has 0 aliphatic rings. The molecule has 3 heterocycles. The minimum Gasteiger partial charge on any atom is -0.321 e. The number of aromatic amines is 1. The highest BCUT2D eigenvalue weighted by atomic mass is 16.1. The van der Waals surface area contributed by atoms with Gasteiger partial charge in [-0.3, -0.25) is 14.7 Å². The van der Waals surface area contributed by atoms with Crippen LogP contribution in [0.1, 0.15) is 60.5 Å². The number of H-pyrrole nitrogens is 1. The summed E-state index contributed by atoms with van der Waals surface area (Å²) in [6.45, 7) is 11.4. The molecule has 5 rings (SSSR count). The number of pyridine rings is 2. The van der Waals surface area contributed by atoms with Crippen LogP contribution in [-0.4, -0.2) is 35.1 Å². The Kier molecular flexibility index (Phi) is 6.91. The minimum atomic E-state index is -0.516. The number of tetrazole rings is 1. The molecule has 0 unspecified atom stereocenters. The van der Waals surface area contributed by atoms with E-state index in [-0.39, 0.29) is 11.1 Å². The molecule has 3 aromatic heterocycles. The summed E-state index contributed by atoms with van der Waals surface area (Å²) >= 11 is 0. The smallest absolute Gasteiger partial charge is 0.253 e. The summed E-state index contributed by atoms with van der Waals surface area (Å²) < 4.78 is 1.83. The Morgan fingerprint density at radius 2 is 1.66 bits per heavy atom. The zero-order chi connectivity index (χ0) is 26.9. The second-order valence-electron chi connectivity index (χ2n) is 10.8. The molecule has 5 aromatic rings. The largest absolute Gasteiger partial charge is 0.321 e. The maximum Gasteiger partial charge on any atom is 0.253 e. The van der Waals surface area contributed by atoms with E-state index in [1.165, 1.54) is 0 Å². The third kappa shape index (κ3) is 5.13. The first-order valence-corrected chi connectivity index (χ1v) is 12.8. The SMILES string of the molecule is Cc1ccc(C)c2[nH]c(=O)c([C@H](c3nnnn3C(C)(C)C)N(Cc3ccccc3)Cc3cccnc3)cc12. The van der Waals surface area contributed by atoms with Crippen molar-refractivity contribution in [1.82, 2.24) is 35.1 Å². The lowest BCUT2D eigenvalue weighted by Gasteiger charge is -2.33. The molecule has 0 amide bonds. The van der Waals surface area contributed by atoms with Crippen molar-refractivity contribution in [2.45, 2.75) is 59.3 Å². The zero-order valence-electron chi connectivity index (χ0n) is 22.5. The quantitative estimate of drug-likeness (QED) is 0.331. The van der Waals surface area contributed by atoms with Crippen LogP contribution in [0.5, 0.6) is 0 Å². The van der Waals surface area contributed by atoms with Crippen LogP contribution in [0.25, 0.3) is 10.9 Å². The van der Waals surface area contributed by atoms with Gasteiger partial charge in [0.15, 0.2) is 5.82 Å². The van der Waals surface area contributed by atoms with Crippen LogP contribution in [-0.2, 0) is 18.6 Å². The number of aryl methyl sites for hydroxylation is 2. The summed E-state index contributed by atoms with van der Waals surface area (Å²) in [6, 6.07) is 19.9. The minimum absolute atomic E-state index is 0.149. The molecule has 0 fully saturated rings. The molecular formula is C30H33N7O. The van der Waals surface area contributed by atoms with Gasteiger partial charge in [-0.25, -0.2) is 4.68 Å². The van der Waals surface area contributed by atoms with E-state index in [2.05, 4.69) is 76.3 Å². The Hall–Kier alpha value is -4.17. The first-order chi connectivity index (χ1) is 18.2. The van der Waals surface area contributed by atoms with E-state index in [0.29, 0.717) is 24.5 Å². The van der Waals surface area contributed by atoms with E-state index < -0.39 is 6.04 Å². The maximum absolute atomic E-state index is 13.8. The third-order valence-corrected chi connectivity index (χ3v) is 6.84. The van der Waals surface area contributed by atoms with Gasteiger partial charge in [-0.05, 0) is 79.4 Å². The van der Waals surface area contributed by atoms with Crippen molar-refractivity contribution in [3.63, 3.8) is 0 Å². The molecule has 0 saturated carbocycles. The number of rotatable bonds is 7. The molecule has 38 heavy (non-hydrogen) atoms. The Labute approximate surface area is 222 Å². The zero-order valence-corrected chi connectivity index (χ0v) is 22.5. The van der Waals surface area contributed by atoms with Gasteiger partial charge in [0.25, 0.3) is 5.56 Å². The van der Waals surface area contributed by atoms with Crippen molar-refractivity contribution >= 4 is 10.9 Å². The number of aromatic nitrogens is 6. The predicted octanol–water partition coefficient (Wildman–Crippen LogP) is 5.07. The van der Waals surface area contributed by atoms with Crippen LogP contribution in [0.2, 0.25) is 0 Å². The van der Waals surface area contributed by atoms with Gasteiger partial charge in [0, 0.05) is 36.4 Å². The Balaban J connectivity index is 1.76. The number of benzene rings is 2. The summed E-state index contributed by atoms with van der Waals surface area (Å²) in [5, 5.41) is 14.0. The van der Waals surface area contributed by atoms with Crippen molar-refractivity contribution < 1.29 is 0 Å². The summed E-state index contributed by atoms with van der Waals surface area (Å²) in [6.07, 6.45) is 3.63. The van der Waals surface area contributed by atoms with Crippen LogP contribution in [0.3, 0.4) is 0 Å². The Bertz CT molecular complexity index is 1560. The normalized spacial score (nSPS) is 12.8. The van der Waals surface area contributed by atoms with Crippen molar-refractivity contribution in [2.75, 3.05) is 0 Å². The summed E-state index contributed by atoms with van der Waals surface area (Å²) in [5.41, 5.74) is 5.21. The summed E-state index contributed by atoms with van der Waals surface area (Å²) in [4.78, 5) is 23.6. The van der Waals surface area contributed by atoms with Gasteiger partial charge in [-0.2, -0.15) is 0 Å². The van der Waals surface area contributed by atoms with Crippen LogP contribution in [0, 0.1) is 13.8 Å². The molecule has 0 aliphatic carbocycles. The number of nitrogens with zero attached hydrogens (tertiary/aromatic N) is 6. The van der Waals surface area contributed by atoms with Crippen molar-refractivity contribution in [1.29, 1.82) is 0 Å². The Morgan fingerprint density at radius 3 is 2.37 bits per heavy atom. The fourth-order valence-electron chi connectivity index (χ4n) is 4.92. The van der Waals surface area contributed by atoms with Gasteiger partial charge < -0.3 is 4.98 Å². The van der Waals surface area contributed by atoms with E-state index in [1.807, 2.05) is 60.3 Å². The van der Waals surface area contributed by atoms with E-state index >= 15 is 0 Å². The van der Waals surface area contributed by atoms with Crippen LogP contribution < -0.4 is 5.56 Å². The van der Waals surface area contributed by atoms with Crippen molar-refractivity contribution in [2.24, 2.45) is 0 Å². The topological polar surface area (TPSA) is 92.6 Å². The molecule has 1 atom stereocenters. The highest BCUT2D eigenvalue weighted by Gasteiger charge is 2.33. The predicted molar refractivity (Wildman–Crippen MR) is 149 cm³/mol. The highest BCUT2D eigenvalue weighted by molar-refractivity contribution is 5.85. The van der Waals surface area contributed by atoms with Gasteiger partial charge in [0.05, 0.1) is 11.1 Å². The second-order valence-corrected chi connectivity index (χ2v) is 10.8. The fourth-order valence-corrected chi connectivity index (χ4v) is 4.92. The number of fused-ring (bicyclic) bond motifs is 1. The standard InChI is InChI=1S/C30H33N7O/c1-20-13-14-21(2)26-24(20)16-25(29(38)32-26)27(28-33-34-35-37(28)30(3,4)5)36(18-22-10-7-6-8-11-22)19-23-12-9-15-31-17-23/h6-17,27H,18-19H2,1-5H3,(H,32,38)/t27-/m1/s1.